The molecule has 0 saturated heterocycles. The number of nitrogens with two attached hydrogens (primary N) is 1. The minimum atomic E-state index is -0.724. The number of rotatable bonds is 6. The van der Waals surface area contributed by atoms with Gasteiger partial charge in [-0.3, -0.25) is 4.79 Å². The summed E-state index contributed by atoms with van der Waals surface area (Å²) in [6, 6.07) is 14.6. The van der Waals surface area contributed by atoms with Crippen molar-refractivity contribution in [2.45, 2.75) is 38.8 Å². The number of carbonyl (C=O) groups is 1. The minimum Gasteiger partial charge on any atom is -0.348 e. The zero-order valence-electron chi connectivity index (χ0n) is 13.6. The second-order valence-electron chi connectivity index (χ2n) is 5.79. The Labute approximate surface area is 142 Å². The summed E-state index contributed by atoms with van der Waals surface area (Å²) in [5.41, 5.74) is 9.10. The van der Waals surface area contributed by atoms with Gasteiger partial charge in [0.05, 0.1) is 6.04 Å². The fraction of sp³-hybridized carbons (Fsp3) is 0.316. The molecule has 0 bridgehead atoms. The lowest BCUT2D eigenvalue weighted by Crippen LogP contribution is -2.36. The highest BCUT2D eigenvalue weighted by Crippen LogP contribution is 2.21. The van der Waals surface area contributed by atoms with E-state index in [0.717, 1.165) is 18.4 Å². The Morgan fingerprint density at radius 3 is 2.48 bits per heavy atom. The highest BCUT2D eigenvalue weighted by molar-refractivity contribution is 6.30. The minimum absolute atomic E-state index is 0.0293. The summed E-state index contributed by atoms with van der Waals surface area (Å²) in [7, 11) is 0. The predicted molar refractivity (Wildman–Crippen MR) is 95.4 cm³/mol. The molecule has 3 nitrogen and oxygen atoms in total. The summed E-state index contributed by atoms with van der Waals surface area (Å²) in [6.07, 6.45) is 1.85. The average molecular weight is 331 g/mol. The van der Waals surface area contributed by atoms with E-state index in [9.17, 15) is 4.79 Å². The third-order valence-electron chi connectivity index (χ3n) is 3.86. The first-order valence-electron chi connectivity index (χ1n) is 7.89. The Balaban J connectivity index is 2.12. The fourth-order valence-electron chi connectivity index (χ4n) is 2.52. The van der Waals surface area contributed by atoms with Gasteiger partial charge in [-0.1, -0.05) is 66.9 Å². The Morgan fingerprint density at radius 2 is 1.87 bits per heavy atom. The fourth-order valence-corrected chi connectivity index (χ4v) is 2.72. The van der Waals surface area contributed by atoms with Crippen LogP contribution in [0.3, 0.4) is 0 Å². The van der Waals surface area contributed by atoms with Gasteiger partial charge in [-0.25, -0.2) is 0 Å². The Morgan fingerprint density at radius 1 is 1.17 bits per heavy atom. The standard InChI is InChI=1S/C19H23ClN2O/c1-3-5-17(14-10-8-13(2)9-11-14)22-19(23)18(21)15-6-4-7-16(20)12-15/h4,6-12,17-18H,3,5,21H2,1-2H3,(H,22,23). The zero-order valence-corrected chi connectivity index (χ0v) is 14.3. The maximum atomic E-state index is 12.5. The molecule has 0 aliphatic rings. The molecule has 0 radical (unpaired) electrons. The van der Waals surface area contributed by atoms with Gasteiger partial charge >= 0.3 is 0 Å². The van der Waals surface area contributed by atoms with Crippen molar-refractivity contribution in [2.24, 2.45) is 5.73 Å². The summed E-state index contributed by atoms with van der Waals surface area (Å²) in [5.74, 6) is -0.189. The van der Waals surface area contributed by atoms with Crippen LogP contribution in [-0.4, -0.2) is 5.91 Å². The molecule has 3 N–H and O–H groups in total. The third-order valence-corrected chi connectivity index (χ3v) is 4.10. The van der Waals surface area contributed by atoms with Gasteiger partial charge in [0, 0.05) is 5.02 Å². The number of benzene rings is 2. The van der Waals surface area contributed by atoms with E-state index in [2.05, 4.69) is 36.5 Å². The monoisotopic (exact) mass is 330 g/mol. The Bertz CT molecular complexity index is 655. The number of amides is 1. The molecule has 0 fully saturated rings. The van der Waals surface area contributed by atoms with E-state index in [-0.39, 0.29) is 11.9 Å². The van der Waals surface area contributed by atoms with Crippen molar-refractivity contribution in [1.29, 1.82) is 0 Å². The van der Waals surface area contributed by atoms with Crippen molar-refractivity contribution in [3.63, 3.8) is 0 Å². The third kappa shape index (κ3) is 4.81. The van der Waals surface area contributed by atoms with Crippen molar-refractivity contribution in [3.05, 3.63) is 70.2 Å². The van der Waals surface area contributed by atoms with E-state index >= 15 is 0 Å². The molecule has 2 rings (SSSR count). The van der Waals surface area contributed by atoms with E-state index in [4.69, 9.17) is 17.3 Å². The molecular weight excluding hydrogens is 308 g/mol. The SMILES string of the molecule is CCCC(NC(=O)C(N)c1cccc(Cl)c1)c1ccc(C)cc1. The first-order valence-corrected chi connectivity index (χ1v) is 8.27. The van der Waals surface area contributed by atoms with E-state index < -0.39 is 6.04 Å². The van der Waals surface area contributed by atoms with E-state index in [1.807, 2.05) is 13.0 Å². The van der Waals surface area contributed by atoms with E-state index in [1.165, 1.54) is 5.56 Å². The maximum absolute atomic E-state index is 12.5. The van der Waals surface area contributed by atoms with Crippen LogP contribution in [0.15, 0.2) is 48.5 Å². The molecule has 0 heterocycles. The Hall–Kier alpha value is -1.84. The van der Waals surface area contributed by atoms with Crippen molar-refractivity contribution in [3.8, 4) is 0 Å². The molecule has 1 amide bonds. The van der Waals surface area contributed by atoms with Gasteiger partial charge in [-0.2, -0.15) is 0 Å². The van der Waals surface area contributed by atoms with Crippen LogP contribution in [0, 0.1) is 6.92 Å². The molecule has 0 aromatic heterocycles. The van der Waals surface area contributed by atoms with E-state index in [1.54, 1.807) is 18.2 Å². The second kappa shape index (κ2) is 8.14. The summed E-state index contributed by atoms with van der Waals surface area (Å²) in [4.78, 5) is 12.5. The lowest BCUT2D eigenvalue weighted by atomic mass is 10.00. The first-order chi connectivity index (χ1) is 11.0. The summed E-state index contributed by atoms with van der Waals surface area (Å²) < 4.78 is 0. The van der Waals surface area contributed by atoms with Crippen LogP contribution in [0.25, 0.3) is 0 Å². The highest BCUT2D eigenvalue weighted by atomic mass is 35.5. The normalized spacial score (nSPS) is 13.4. The van der Waals surface area contributed by atoms with Crippen LogP contribution < -0.4 is 11.1 Å². The molecule has 4 heteroatoms. The van der Waals surface area contributed by atoms with Crippen LogP contribution >= 0.6 is 11.6 Å². The average Bonchev–Trinajstić information content (AvgIpc) is 2.54. The second-order valence-corrected chi connectivity index (χ2v) is 6.23. The summed E-state index contributed by atoms with van der Waals surface area (Å²) in [5, 5.41) is 3.64. The first kappa shape index (κ1) is 17.5. The largest absolute Gasteiger partial charge is 0.348 e. The number of nitrogens with one attached hydrogen (secondary N) is 1. The molecule has 2 unspecified atom stereocenters. The van der Waals surface area contributed by atoms with Crippen LogP contribution in [-0.2, 0) is 4.79 Å². The predicted octanol–water partition coefficient (Wildman–Crippen LogP) is 4.31. The maximum Gasteiger partial charge on any atom is 0.241 e. The number of carbonyl (C=O) groups excluding carboxylic acids is 1. The molecule has 122 valence electrons. The quantitative estimate of drug-likeness (QED) is 0.829. The molecule has 0 spiro atoms. The van der Waals surface area contributed by atoms with Gasteiger partial charge < -0.3 is 11.1 Å². The van der Waals surface area contributed by atoms with Crippen molar-refractivity contribution < 1.29 is 4.79 Å². The topological polar surface area (TPSA) is 55.1 Å². The molecule has 2 atom stereocenters. The lowest BCUT2D eigenvalue weighted by molar-refractivity contribution is -0.123. The van der Waals surface area contributed by atoms with Gasteiger partial charge in [0.2, 0.25) is 5.91 Å². The highest BCUT2D eigenvalue weighted by Gasteiger charge is 2.20. The van der Waals surface area contributed by atoms with Gasteiger partial charge in [-0.05, 0) is 36.6 Å². The van der Waals surface area contributed by atoms with Crippen LogP contribution in [0.5, 0.6) is 0 Å². The van der Waals surface area contributed by atoms with Crippen molar-refractivity contribution in [2.75, 3.05) is 0 Å². The molecule has 0 saturated carbocycles. The number of aryl methyl sites for hydroxylation is 1. The molecule has 0 aliphatic carbocycles. The lowest BCUT2D eigenvalue weighted by Gasteiger charge is -2.21. The molecule has 0 aliphatic heterocycles. The van der Waals surface area contributed by atoms with Crippen LogP contribution in [0.1, 0.15) is 48.5 Å². The number of halogens is 1. The van der Waals surface area contributed by atoms with Crippen LogP contribution in [0.2, 0.25) is 5.02 Å². The number of hydrogen-bond donors (Lipinski definition) is 2. The van der Waals surface area contributed by atoms with Gasteiger partial charge in [0.25, 0.3) is 0 Å². The smallest absolute Gasteiger partial charge is 0.241 e. The molecule has 23 heavy (non-hydrogen) atoms. The molecule has 2 aromatic rings. The van der Waals surface area contributed by atoms with Crippen LogP contribution in [0.4, 0.5) is 0 Å². The number of hydrogen-bond acceptors (Lipinski definition) is 2. The van der Waals surface area contributed by atoms with Gasteiger partial charge in [0.15, 0.2) is 0 Å². The van der Waals surface area contributed by atoms with Crippen molar-refractivity contribution >= 4 is 17.5 Å². The molecular formula is C19H23ClN2O. The zero-order chi connectivity index (χ0) is 16.8. The summed E-state index contributed by atoms with van der Waals surface area (Å²) >= 11 is 5.97. The van der Waals surface area contributed by atoms with Gasteiger partial charge in [-0.15, -0.1) is 0 Å². The Kier molecular flexibility index (Phi) is 6.20. The van der Waals surface area contributed by atoms with Crippen molar-refractivity contribution in [1.82, 2.24) is 5.32 Å². The summed E-state index contributed by atoms with van der Waals surface area (Å²) in [6.45, 7) is 4.15. The molecule has 2 aromatic carbocycles. The van der Waals surface area contributed by atoms with Gasteiger partial charge in [0.1, 0.15) is 6.04 Å². The van der Waals surface area contributed by atoms with E-state index in [0.29, 0.717) is 10.6 Å².